The highest BCUT2D eigenvalue weighted by molar-refractivity contribution is 5.26. The normalized spacial score (nSPS) is 26.6. The van der Waals surface area contributed by atoms with Gasteiger partial charge in [-0.05, 0) is 99.2 Å². The van der Waals surface area contributed by atoms with Gasteiger partial charge in [0, 0.05) is 6.61 Å². The van der Waals surface area contributed by atoms with E-state index in [0.29, 0.717) is 17.9 Å². The molecule has 2 aliphatic rings. The summed E-state index contributed by atoms with van der Waals surface area (Å²) >= 11 is 0. The average molecular weight is 440 g/mol. The van der Waals surface area contributed by atoms with Gasteiger partial charge < -0.3 is 4.74 Å². The Bertz CT molecular complexity index is 719. The van der Waals surface area contributed by atoms with E-state index in [1.807, 2.05) is 0 Å². The molecule has 0 radical (unpaired) electrons. The zero-order chi connectivity index (χ0) is 22.6. The van der Waals surface area contributed by atoms with E-state index < -0.39 is 5.83 Å². The van der Waals surface area contributed by atoms with Crippen molar-refractivity contribution in [1.82, 2.24) is 0 Å². The molecule has 2 fully saturated rings. The molecular weight excluding hydrogens is 397 g/mol. The maximum Gasteiger partial charge on any atom is 0.196 e. The van der Waals surface area contributed by atoms with Gasteiger partial charge in [-0.15, -0.1) is 0 Å². The highest BCUT2D eigenvalue weighted by atomic mass is 19.1. The summed E-state index contributed by atoms with van der Waals surface area (Å²) in [4.78, 5) is 0. The third-order valence-corrected chi connectivity index (χ3v) is 7.64. The van der Waals surface area contributed by atoms with E-state index in [-0.39, 0.29) is 5.92 Å². The SMILES string of the molecule is CCCCCCCc1ccc([C@H]2CC[C@H](CO[C@H]3CC[C@H](C=C(F)C#N)CC3)CC2)cc1. The lowest BCUT2D eigenvalue weighted by molar-refractivity contribution is -0.00465. The van der Waals surface area contributed by atoms with Crippen LogP contribution in [0.25, 0.3) is 0 Å². The number of hydrogen-bond donors (Lipinski definition) is 0. The van der Waals surface area contributed by atoms with Crippen molar-refractivity contribution in [1.29, 1.82) is 5.26 Å². The Morgan fingerprint density at radius 2 is 1.66 bits per heavy atom. The van der Waals surface area contributed by atoms with Crippen LogP contribution in [0.5, 0.6) is 0 Å². The van der Waals surface area contributed by atoms with Gasteiger partial charge in [0.2, 0.25) is 0 Å². The standard InChI is InChI=1S/C29H42FNO/c1-2-3-4-5-6-7-23-8-14-26(15-9-23)27-16-10-25(11-17-27)22-32-29-18-12-24(13-19-29)20-28(30)21-31/h8-9,14-15,20,24-25,27,29H,2-7,10-13,16-19,22H2,1H3/t24-,25-,27-,29-. The number of rotatable bonds is 11. The lowest BCUT2D eigenvalue weighted by Gasteiger charge is -2.32. The summed E-state index contributed by atoms with van der Waals surface area (Å²) in [5, 5.41) is 8.59. The second-order valence-electron chi connectivity index (χ2n) is 10.1. The van der Waals surface area contributed by atoms with Crippen molar-refractivity contribution in [3.8, 4) is 6.07 Å². The van der Waals surface area contributed by atoms with E-state index in [9.17, 15) is 4.39 Å². The van der Waals surface area contributed by atoms with E-state index in [0.717, 1.165) is 32.3 Å². The molecule has 0 heterocycles. The highest BCUT2D eigenvalue weighted by Gasteiger charge is 2.25. The Labute approximate surface area is 195 Å². The molecule has 2 aliphatic carbocycles. The fraction of sp³-hybridized carbons (Fsp3) is 0.690. The fourth-order valence-electron chi connectivity index (χ4n) is 5.49. The van der Waals surface area contributed by atoms with Crippen molar-refractivity contribution < 1.29 is 9.13 Å². The van der Waals surface area contributed by atoms with Crippen LogP contribution in [0.3, 0.4) is 0 Å². The van der Waals surface area contributed by atoms with E-state index >= 15 is 0 Å². The molecule has 32 heavy (non-hydrogen) atoms. The molecule has 176 valence electrons. The van der Waals surface area contributed by atoms with Crippen LogP contribution in [0, 0.1) is 23.2 Å². The molecule has 1 aromatic carbocycles. The number of hydrogen-bond acceptors (Lipinski definition) is 2. The molecule has 0 amide bonds. The van der Waals surface area contributed by atoms with Crippen molar-refractivity contribution in [3.05, 3.63) is 47.3 Å². The number of nitriles is 1. The van der Waals surface area contributed by atoms with Crippen LogP contribution in [-0.2, 0) is 11.2 Å². The summed E-state index contributed by atoms with van der Waals surface area (Å²) in [5.74, 6) is 0.963. The maximum absolute atomic E-state index is 13.1. The predicted octanol–water partition coefficient (Wildman–Crippen LogP) is 8.43. The quantitative estimate of drug-likeness (QED) is 0.256. The van der Waals surface area contributed by atoms with E-state index in [1.54, 1.807) is 6.07 Å². The molecule has 0 aliphatic heterocycles. The Morgan fingerprint density at radius 3 is 2.31 bits per heavy atom. The van der Waals surface area contributed by atoms with Crippen LogP contribution in [0.1, 0.15) is 107 Å². The van der Waals surface area contributed by atoms with Crippen molar-refractivity contribution in [2.45, 2.75) is 109 Å². The first-order chi connectivity index (χ1) is 15.7. The number of halogens is 1. The Morgan fingerprint density at radius 1 is 0.969 bits per heavy atom. The van der Waals surface area contributed by atoms with Crippen molar-refractivity contribution in [3.63, 3.8) is 0 Å². The first-order valence-corrected chi connectivity index (χ1v) is 13.2. The second-order valence-corrected chi connectivity index (χ2v) is 10.1. The summed E-state index contributed by atoms with van der Waals surface area (Å²) in [6.45, 7) is 3.15. The number of nitrogens with zero attached hydrogens (tertiary/aromatic N) is 1. The minimum atomic E-state index is -0.636. The first kappa shape index (κ1) is 25.0. The van der Waals surface area contributed by atoms with Gasteiger partial charge in [-0.1, -0.05) is 56.9 Å². The maximum atomic E-state index is 13.1. The van der Waals surface area contributed by atoms with Crippen molar-refractivity contribution in [2.24, 2.45) is 11.8 Å². The molecule has 2 nitrogen and oxygen atoms in total. The molecule has 2 saturated carbocycles. The zero-order valence-corrected chi connectivity index (χ0v) is 20.0. The molecular formula is C29H42FNO. The fourth-order valence-corrected chi connectivity index (χ4v) is 5.49. The van der Waals surface area contributed by atoms with Gasteiger partial charge >= 0.3 is 0 Å². The number of allylic oxidation sites excluding steroid dienone is 2. The van der Waals surface area contributed by atoms with Gasteiger partial charge in [0.15, 0.2) is 5.83 Å². The molecule has 0 unspecified atom stereocenters. The van der Waals surface area contributed by atoms with Gasteiger partial charge in [-0.25, -0.2) is 0 Å². The topological polar surface area (TPSA) is 33.0 Å². The lowest BCUT2D eigenvalue weighted by atomic mass is 9.78. The van der Waals surface area contributed by atoms with E-state index in [1.165, 1.54) is 81.4 Å². The smallest absolute Gasteiger partial charge is 0.196 e. The minimum absolute atomic E-state index is 0.206. The van der Waals surface area contributed by atoms with Crippen LogP contribution in [0.4, 0.5) is 4.39 Å². The Hall–Kier alpha value is -1.66. The average Bonchev–Trinajstić information content (AvgIpc) is 2.84. The lowest BCUT2D eigenvalue weighted by Crippen LogP contribution is -2.25. The third-order valence-electron chi connectivity index (χ3n) is 7.64. The monoisotopic (exact) mass is 439 g/mol. The third kappa shape index (κ3) is 8.36. The van der Waals surface area contributed by atoms with Gasteiger partial charge in [0.1, 0.15) is 6.07 Å². The van der Waals surface area contributed by atoms with Crippen LogP contribution in [0.2, 0.25) is 0 Å². The summed E-state index contributed by atoms with van der Waals surface area (Å²) in [6, 6.07) is 11.1. The molecule has 0 saturated heterocycles. The predicted molar refractivity (Wildman–Crippen MR) is 130 cm³/mol. The van der Waals surface area contributed by atoms with Crippen LogP contribution in [-0.4, -0.2) is 12.7 Å². The molecule has 1 aromatic rings. The molecule has 3 heteroatoms. The van der Waals surface area contributed by atoms with Crippen molar-refractivity contribution in [2.75, 3.05) is 6.61 Å². The number of unbranched alkanes of at least 4 members (excludes halogenated alkanes) is 4. The molecule has 0 aromatic heterocycles. The zero-order valence-electron chi connectivity index (χ0n) is 20.0. The first-order valence-electron chi connectivity index (χ1n) is 13.2. The number of aryl methyl sites for hydroxylation is 1. The number of ether oxygens (including phenoxy) is 1. The van der Waals surface area contributed by atoms with Crippen LogP contribution < -0.4 is 0 Å². The van der Waals surface area contributed by atoms with Gasteiger partial charge in [0.05, 0.1) is 6.10 Å². The van der Waals surface area contributed by atoms with Crippen LogP contribution in [0.15, 0.2) is 36.2 Å². The molecule has 3 rings (SSSR count). The van der Waals surface area contributed by atoms with E-state index in [4.69, 9.17) is 10.00 Å². The molecule has 0 atom stereocenters. The van der Waals surface area contributed by atoms with Crippen molar-refractivity contribution >= 4 is 0 Å². The largest absolute Gasteiger partial charge is 0.378 e. The summed E-state index contributed by atoms with van der Waals surface area (Å²) in [6.07, 6.45) is 18.7. The minimum Gasteiger partial charge on any atom is -0.378 e. The summed E-state index contributed by atoms with van der Waals surface area (Å²) < 4.78 is 19.4. The Balaban J connectivity index is 1.31. The summed E-state index contributed by atoms with van der Waals surface area (Å²) in [7, 11) is 0. The van der Waals surface area contributed by atoms with Gasteiger partial charge in [0.25, 0.3) is 0 Å². The van der Waals surface area contributed by atoms with Gasteiger partial charge in [-0.3, -0.25) is 0 Å². The molecule has 0 bridgehead atoms. The highest BCUT2D eigenvalue weighted by Crippen LogP contribution is 2.37. The molecule has 0 spiro atoms. The van der Waals surface area contributed by atoms with E-state index in [2.05, 4.69) is 31.2 Å². The molecule has 0 N–H and O–H groups in total. The van der Waals surface area contributed by atoms with Gasteiger partial charge in [-0.2, -0.15) is 9.65 Å². The summed E-state index contributed by atoms with van der Waals surface area (Å²) in [5.41, 5.74) is 3.02. The Kier molecular flexibility index (Phi) is 10.8. The second kappa shape index (κ2) is 13.8. The van der Waals surface area contributed by atoms with Crippen LogP contribution >= 0.6 is 0 Å². The number of benzene rings is 1.